The number of carbonyl (C=O) groups excluding carboxylic acids is 2. The molecule has 0 radical (unpaired) electrons. The maximum atomic E-state index is 13.3. The van der Waals surface area contributed by atoms with Gasteiger partial charge >= 0.3 is 0 Å². The van der Waals surface area contributed by atoms with Crippen molar-refractivity contribution in [3.8, 4) is 5.75 Å². The van der Waals surface area contributed by atoms with E-state index in [-0.39, 0.29) is 34.8 Å². The Hall–Kier alpha value is -2.91. The Morgan fingerprint density at radius 1 is 1.15 bits per heavy atom. The summed E-state index contributed by atoms with van der Waals surface area (Å²) in [5.74, 6) is -0.348. The Labute approximate surface area is 200 Å². The Kier molecular flexibility index (Phi) is 7.53. The van der Waals surface area contributed by atoms with E-state index in [1.165, 1.54) is 10.4 Å². The van der Waals surface area contributed by atoms with Crippen molar-refractivity contribution in [3.63, 3.8) is 0 Å². The van der Waals surface area contributed by atoms with Crippen LogP contribution in [-0.4, -0.2) is 44.2 Å². The number of para-hydroxylation sites is 1. The molecule has 2 aromatic carbocycles. The fourth-order valence-electron chi connectivity index (χ4n) is 4.48. The molecule has 2 aliphatic rings. The molecular weight excluding hydrogens is 454 g/mol. The Balaban J connectivity index is 1.43. The number of amides is 2. The number of hydrogen-bond acceptors (Lipinski definition) is 5. The summed E-state index contributed by atoms with van der Waals surface area (Å²) in [5.41, 5.74) is 2.28. The van der Waals surface area contributed by atoms with Gasteiger partial charge in [-0.2, -0.15) is 4.31 Å². The van der Waals surface area contributed by atoms with E-state index in [0.29, 0.717) is 38.2 Å². The first-order chi connectivity index (χ1) is 16.4. The number of sulfonamides is 1. The third-order valence-electron chi connectivity index (χ3n) is 6.29. The van der Waals surface area contributed by atoms with Crippen LogP contribution in [0.4, 0.5) is 11.4 Å². The molecule has 2 amide bonds. The highest BCUT2D eigenvalue weighted by Crippen LogP contribution is 2.32. The quantitative estimate of drug-likeness (QED) is 0.592. The molecule has 0 aromatic heterocycles. The molecule has 2 aromatic rings. The summed E-state index contributed by atoms with van der Waals surface area (Å²) in [7, 11) is -3.73. The predicted molar refractivity (Wildman–Crippen MR) is 130 cm³/mol. The molecule has 9 heteroatoms. The molecule has 1 saturated heterocycles. The zero-order chi connectivity index (χ0) is 24.1. The summed E-state index contributed by atoms with van der Waals surface area (Å²) in [6.07, 6.45) is 3.84. The molecule has 1 fully saturated rings. The highest BCUT2D eigenvalue weighted by Gasteiger charge is 2.30. The summed E-state index contributed by atoms with van der Waals surface area (Å²) in [6.45, 7) is 3.10. The normalized spacial score (nSPS) is 18.6. The van der Waals surface area contributed by atoms with E-state index in [1.54, 1.807) is 19.1 Å². The van der Waals surface area contributed by atoms with Gasteiger partial charge in [-0.1, -0.05) is 24.6 Å². The minimum atomic E-state index is -3.73. The minimum Gasteiger partial charge on any atom is -0.492 e. The van der Waals surface area contributed by atoms with E-state index < -0.39 is 10.0 Å². The van der Waals surface area contributed by atoms with Crippen LogP contribution >= 0.6 is 0 Å². The number of hydrogen-bond donors (Lipinski definition) is 2. The zero-order valence-electron chi connectivity index (χ0n) is 19.4. The molecule has 182 valence electrons. The van der Waals surface area contributed by atoms with Crippen LogP contribution in [-0.2, 0) is 26.0 Å². The van der Waals surface area contributed by atoms with Gasteiger partial charge in [0.15, 0.2) is 0 Å². The second-order valence-corrected chi connectivity index (χ2v) is 10.6. The predicted octanol–water partition coefficient (Wildman–Crippen LogP) is 3.79. The molecule has 4 rings (SSSR count). The molecule has 1 unspecified atom stereocenters. The topological polar surface area (TPSA) is 105 Å². The third-order valence-corrected chi connectivity index (χ3v) is 8.21. The van der Waals surface area contributed by atoms with E-state index in [9.17, 15) is 18.0 Å². The molecular formula is C25H31N3O5S. The molecule has 2 heterocycles. The highest BCUT2D eigenvalue weighted by atomic mass is 32.2. The van der Waals surface area contributed by atoms with Gasteiger partial charge in [-0.15, -0.1) is 0 Å². The molecule has 0 saturated carbocycles. The fraction of sp³-hybridized carbons (Fsp3) is 0.440. The van der Waals surface area contributed by atoms with Gasteiger partial charge < -0.3 is 15.4 Å². The lowest BCUT2D eigenvalue weighted by Gasteiger charge is -2.27. The van der Waals surface area contributed by atoms with Crippen molar-refractivity contribution in [2.75, 3.05) is 30.3 Å². The van der Waals surface area contributed by atoms with Gasteiger partial charge in [0.1, 0.15) is 10.6 Å². The van der Waals surface area contributed by atoms with Gasteiger partial charge in [0.05, 0.1) is 6.61 Å². The van der Waals surface area contributed by atoms with Gasteiger partial charge in [0.25, 0.3) is 0 Å². The fourth-order valence-corrected chi connectivity index (χ4v) is 6.16. The minimum absolute atomic E-state index is 0.0670. The lowest BCUT2D eigenvalue weighted by atomic mass is 9.89. The summed E-state index contributed by atoms with van der Waals surface area (Å²) in [5, 5.41) is 5.69. The molecule has 8 nitrogen and oxygen atoms in total. The van der Waals surface area contributed by atoms with Crippen molar-refractivity contribution in [1.82, 2.24) is 4.31 Å². The number of fused-ring (bicyclic) bond motifs is 1. The molecule has 2 aliphatic heterocycles. The first-order valence-electron chi connectivity index (χ1n) is 11.8. The van der Waals surface area contributed by atoms with Crippen LogP contribution in [0, 0.1) is 5.92 Å². The number of anilines is 2. The number of piperidine rings is 1. The van der Waals surface area contributed by atoms with Gasteiger partial charge in [-0.05, 0) is 62.4 Å². The summed E-state index contributed by atoms with van der Waals surface area (Å²) < 4.78 is 33.6. The smallest absolute Gasteiger partial charge is 0.246 e. The zero-order valence-corrected chi connectivity index (χ0v) is 20.2. The van der Waals surface area contributed by atoms with Crippen molar-refractivity contribution >= 4 is 33.2 Å². The van der Waals surface area contributed by atoms with E-state index in [1.807, 2.05) is 24.3 Å². The van der Waals surface area contributed by atoms with Gasteiger partial charge in [-0.3, -0.25) is 9.59 Å². The first-order valence-corrected chi connectivity index (χ1v) is 13.3. The molecule has 2 N–H and O–H groups in total. The van der Waals surface area contributed by atoms with Crippen LogP contribution in [0.2, 0.25) is 0 Å². The number of rotatable bonds is 8. The average Bonchev–Trinajstić information content (AvgIpc) is 2.84. The van der Waals surface area contributed by atoms with E-state index in [2.05, 4.69) is 10.6 Å². The van der Waals surface area contributed by atoms with Crippen LogP contribution in [0.25, 0.3) is 0 Å². The number of nitrogens with one attached hydrogen (secondary N) is 2. The van der Waals surface area contributed by atoms with Crippen molar-refractivity contribution < 1.29 is 22.7 Å². The van der Waals surface area contributed by atoms with Gasteiger partial charge in [-0.25, -0.2) is 8.42 Å². The van der Waals surface area contributed by atoms with Crippen LogP contribution < -0.4 is 15.4 Å². The number of benzene rings is 2. The van der Waals surface area contributed by atoms with Crippen LogP contribution in [0.15, 0.2) is 47.4 Å². The Morgan fingerprint density at radius 2 is 1.91 bits per heavy atom. The monoisotopic (exact) mass is 485 g/mol. The average molecular weight is 486 g/mol. The maximum Gasteiger partial charge on any atom is 0.246 e. The highest BCUT2D eigenvalue weighted by molar-refractivity contribution is 7.89. The number of ether oxygens (including phenoxy) is 1. The number of nitrogens with zero attached hydrogens (tertiary/aromatic N) is 1. The van der Waals surface area contributed by atoms with E-state index in [0.717, 1.165) is 30.5 Å². The molecule has 1 atom stereocenters. The Bertz CT molecular complexity index is 1160. The van der Waals surface area contributed by atoms with Crippen molar-refractivity contribution in [2.45, 2.75) is 50.3 Å². The summed E-state index contributed by atoms with van der Waals surface area (Å²) in [6, 6.07) is 12.4. The SMILES string of the molecule is CCOc1ccc(NC(=O)CCC2Cc3ccccc3NC2=O)cc1S(=O)(=O)N1CCCCC1. The third kappa shape index (κ3) is 5.42. The first kappa shape index (κ1) is 24.2. The standard InChI is InChI=1S/C25H31N3O5S/c1-2-33-22-12-11-20(17-23(22)34(31,32)28-14-6-3-7-15-28)26-24(29)13-10-19-16-18-8-4-5-9-21(18)27-25(19)30/h4-5,8-9,11-12,17,19H,2-3,6-7,10,13-16H2,1H3,(H,26,29)(H,27,30). The second kappa shape index (κ2) is 10.6. The maximum absolute atomic E-state index is 13.3. The lowest BCUT2D eigenvalue weighted by molar-refractivity contribution is -0.121. The lowest BCUT2D eigenvalue weighted by Crippen LogP contribution is -2.35. The second-order valence-electron chi connectivity index (χ2n) is 8.69. The largest absolute Gasteiger partial charge is 0.492 e. The van der Waals surface area contributed by atoms with Crippen LogP contribution in [0.1, 0.15) is 44.6 Å². The van der Waals surface area contributed by atoms with Crippen molar-refractivity contribution in [3.05, 3.63) is 48.0 Å². The van der Waals surface area contributed by atoms with Crippen molar-refractivity contribution in [1.29, 1.82) is 0 Å². The van der Waals surface area contributed by atoms with Gasteiger partial charge in [0.2, 0.25) is 21.8 Å². The Morgan fingerprint density at radius 3 is 2.68 bits per heavy atom. The van der Waals surface area contributed by atoms with Crippen LogP contribution in [0.3, 0.4) is 0 Å². The molecule has 0 spiro atoms. The summed E-state index contributed by atoms with van der Waals surface area (Å²) in [4.78, 5) is 25.1. The molecule has 0 bridgehead atoms. The molecule has 34 heavy (non-hydrogen) atoms. The van der Waals surface area contributed by atoms with E-state index >= 15 is 0 Å². The summed E-state index contributed by atoms with van der Waals surface area (Å²) >= 11 is 0. The van der Waals surface area contributed by atoms with Crippen LogP contribution in [0.5, 0.6) is 5.75 Å². The molecule has 0 aliphatic carbocycles. The van der Waals surface area contributed by atoms with E-state index in [4.69, 9.17) is 4.74 Å². The number of carbonyl (C=O) groups is 2. The van der Waals surface area contributed by atoms with Gasteiger partial charge in [0, 0.05) is 36.8 Å². The van der Waals surface area contributed by atoms with Crippen molar-refractivity contribution in [2.24, 2.45) is 5.92 Å².